The minimum absolute atomic E-state index is 0.0516. The molecule has 1 N–H and O–H groups in total. The molecule has 1 aromatic carbocycles. The molecule has 1 saturated heterocycles. The molecule has 1 fully saturated rings. The Morgan fingerprint density at radius 3 is 2.90 bits per heavy atom. The van der Waals surface area contributed by atoms with E-state index in [1.807, 2.05) is 29.2 Å². The highest BCUT2D eigenvalue weighted by atomic mass is 16.5. The molecule has 0 aromatic heterocycles. The van der Waals surface area contributed by atoms with Crippen molar-refractivity contribution in [3.8, 4) is 11.5 Å². The highest BCUT2D eigenvalue weighted by molar-refractivity contribution is 5.74. The summed E-state index contributed by atoms with van der Waals surface area (Å²) < 4.78 is 10.6. The van der Waals surface area contributed by atoms with E-state index in [2.05, 4.69) is 11.9 Å². The maximum Gasteiger partial charge on any atom is 0.317 e. The molecular weight excluding hydrogens is 268 g/mol. The number of urea groups is 1. The Hall–Kier alpha value is -2.17. The molecule has 0 radical (unpaired) electrons. The molecule has 1 aliphatic heterocycles. The normalized spacial score (nSPS) is 17.4. The predicted octanol–water partition coefficient (Wildman–Crippen LogP) is 2.42. The smallest absolute Gasteiger partial charge is 0.317 e. The maximum atomic E-state index is 12.1. The monoisotopic (exact) mass is 290 g/mol. The third-order valence-corrected chi connectivity index (χ3v) is 3.76. The first-order chi connectivity index (χ1) is 10.2. The van der Waals surface area contributed by atoms with Crippen LogP contribution in [0.4, 0.5) is 4.79 Å². The first kappa shape index (κ1) is 15.2. The number of likely N-dealkylation sites (tertiary alicyclic amines) is 1. The van der Waals surface area contributed by atoms with Crippen LogP contribution in [0.3, 0.4) is 0 Å². The molecule has 0 saturated carbocycles. The van der Waals surface area contributed by atoms with Crippen molar-refractivity contribution in [1.29, 1.82) is 0 Å². The van der Waals surface area contributed by atoms with Crippen LogP contribution >= 0.6 is 0 Å². The third kappa shape index (κ3) is 3.48. The third-order valence-electron chi connectivity index (χ3n) is 3.76. The first-order valence-electron chi connectivity index (χ1n) is 7.04. The summed E-state index contributed by atoms with van der Waals surface area (Å²) in [5.41, 5.74) is 0.893. The number of rotatable bonds is 5. The van der Waals surface area contributed by atoms with Gasteiger partial charge in [0.2, 0.25) is 0 Å². The Morgan fingerprint density at radius 2 is 2.29 bits per heavy atom. The van der Waals surface area contributed by atoms with Crippen molar-refractivity contribution < 1.29 is 14.3 Å². The predicted molar refractivity (Wildman–Crippen MR) is 81.7 cm³/mol. The molecule has 5 heteroatoms. The summed E-state index contributed by atoms with van der Waals surface area (Å²) in [5, 5.41) is 2.93. The Bertz CT molecular complexity index is 516. The fourth-order valence-electron chi connectivity index (χ4n) is 2.54. The molecule has 2 amide bonds. The van der Waals surface area contributed by atoms with Crippen LogP contribution in [-0.2, 0) is 6.54 Å². The van der Waals surface area contributed by atoms with Gasteiger partial charge in [0.05, 0.1) is 14.2 Å². The summed E-state index contributed by atoms with van der Waals surface area (Å²) >= 11 is 0. The van der Waals surface area contributed by atoms with Crippen molar-refractivity contribution in [2.24, 2.45) is 5.92 Å². The quantitative estimate of drug-likeness (QED) is 0.847. The van der Waals surface area contributed by atoms with Crippen LogP contribution in [0.1, 0.15) is 12.0 Å². The van der Waals surface area contributed by atoms with Gasteiger partial charge >= 0.3 is 6.03 Å². The number of carbonyl (C=O) groups excluding carboxylic acids is 1. The number of ether oxygens (including phenoxy) is 2. The van der Waals surface area contributed by atoms with Crippen LogP contribution in [0, 0.1) is 5.92 Å². The lowest BCUT2D eigenvalue weighted by molar-refractivity contribution is 0.207. The van der Waals surface area contributed by atoms with Crippen LogP contribution < -0.4 is 14.8 Å². The molecule has 0 unspecified atom stereocenters. The maximum absolute atomic E-state index is 12.1. The molecule has 21 heavy (non-hydrogen) atoms. The molecule has 1 heterocycles. The summed E-state index contributed by atoms with van der Waals surface area (Å²) in [7, 11) is 3.19. The van der Waals surface area contributed by atoms with E-state index < -0.39 is 0 Å². The minimum Gasteiger partial charge on any atom is -0.493 e. The molecule has 1 aliphatic rings. The second kappa shape index (κ2) is 7.02. The second-order valence-electron chi connectivity index (χ2n) is 5.04. The Labute approximate surface area is 125 Å². The molecule has 1 atom stereocenters. The van der Waals surface area contributed by atoms with Crippen LogP contribution in [0.2, 0.25) is 0 Å². The van der Waals surface area contributed by atoms with Gasteiger partial charge in [-0.3, -0.25) is 0 Å². The van der Waals surface area contributed by atoms with Crippen molar-refractivity contribution in [2.75, 3.05) is 27.3 Å². The molecule has 0 bridgehead atoms. The number of methoxy groups -OCH3 is 2. The van der Waals surface area contributed by atoms with E-state index in [1.165, 1.54) is 0 Å². The molecule has 114 valence electrons. The standard InChI is InChI=1S/C16H22N2O3/c1-4-12-8-9-18(11-12)16(19)17-10-13-6-5-7-14(20-2)15(13)21-3/h4-7,12H,1,8-11H2,2-3H3,(H,17,19)/t12-/m1/s1. The van der Waals surface area contributed by atoms with Gasteiger partial charge in [0.1, 0.15) is 0 Å². The van der Waals surface area contributed by atoms with E-state index in [9.17, 15) is 4.79 Å². The van der Waals surface area contributed by atoms with Gasteiger partial charge in [-0.1, -0.05) is 18.2 Å². The Morgan fingerprint density at radius 1 is 1.48 bits per heavy atom. The van der Waals surface area contributed by atoms with Gasteiger partial charge in [-0.15, -0.1) is 6.58 Å². The van der Waals surface area contributed by atoms with Crippen molar-refractivity contribution in [3.05, 3.63) is 36.4 Å². The van der Waals surface area contributed by atoms with Crippen molar-refractivity contribution >= 4 is 6.03 Å². The van der Waals surface area contributed by atoms with Crippen LogP contribution in [0.15, 0.2) is 30.9 Å². The van der Waals surface area contributed by atoms with E-state index in [0.29, 0.717) is 24.0 Å². The Balaban J connectivity index is 1.97. The SMILES string of the molecule is C=C[C@@H]1CCN(C(=O)NCc2cccc(OC)c2OC)C1. The van der Waals surface area contributed by atoms with Gasteiger partial charge < -0.3 is 19.7 Å². The van der Waals surface area contributed by atoms with E-state index >= 15 is 0 Å². The second-order valence-corrected chi connectivity index (χ2v) is 5.04. The number of nitrogens with one attached hydrogen (secondary N) is 1. The number of amides is 2. The molecular formula is C16H22N2O3. The van der Waals surface area contributed by atoms with E-state index in [4.69, 9.17) is 9.47 Å². The summed E-state index contributed by atoms with van der Waals surface area (Å²) in [6.07, 6.45) is 2.90. The zero-order chi connectivity index (χ0) is 15.2. The van der Waals surface area contributed by atoms with Gasteiger partial charge in [0, 0.05) is 25.2 Å². The fraction of sp³-hybridized carbons (Fsp3) is 0.438. The highest BCUT2D eigenvalue weighted by Crippen LogP contribution is 2.30. The topological polar surface area (TPSA) is 50.8 Å². The summed E-state index contributed by atoms with van der Waals surface area (Å²) in [6.45, 7) is 5.71. The molecule has 1 aromatic rings. The highest BCUT2D eigenvalue weighted by Gasteiger charge is 2.24. The molecule has 5 nitrogen and oxygen atoms in total. The zero-order valence-corrected chi connectivity index (χ0v) is 12.6. The number of benzene rings is 1. The van der Waals surface area contributed by atoms with Crippen molar-refractivity contribution in [2.45, 2.75) is 13.0 Å². The number of nitrogens with zero attached hydrogens (tertiary/aromatic N) is 1. The van der Waals surface area contributed by atoms with Gasteiger partial charge in [0.25, 0.3) is 0 Å². The lowest BCUT2D eigenvalue weighted by Crippen LogP contribution is -2.38. The van der Waals surface area contributed by atoms with Gasteiger partial charge in [-0.05, 0) is 18.4 Å². The van der Waals surface area contributed by atoms with Crippen molar-refractivity contribution in [3.63, 3.8) is 0 Å². The van der Waals surface area contributed by atoms with Crippen LogP contribution in [-0.4, -0.2) is 38.2 Å². The summed E-state index contributed by atoms with van der Waals surface area (Å²) in [4.78, 5) is 14.0. The summed E-state index contributed by atoms with van der Waals surface area (Å²) in [5.74, 6) is 1.73. The number of carbonyl (C=O) groups is 1. The van der Waals surface area contributed by atoms with Crippen molar-refractivity contribution in [1.82, 2.24) is 10.2 Å². The average molecular weight is 290 g/mol. The van der Waals surface area contributed by atoms with E-state index in [0.717, 1.165) is 25.1 Å². The minimum atomic E-state index is -0.0516. The molecule has 0 spiro atoms. The van der Waals surface area contributed by atoms with Crippen LogP contribution in [0.5, 0.6) is 11.5 Å². The van der Waals surface area contributed by atoms with E-state index in [1.54, 1.807) is 14.2 Å². The molecule has 2 rings (SSSR count). The largest absolute Gasteiger partial charge is 0.493 e. The van der Waals surface area contributed by atoms with Crippen LogP contribution in [0.25, 0.3) is 0 Å². The lowest BCUT2D eigenvalue weighted by atomic mass is 10.1. The number of hydrogen-bond donors (Lipinski definition) is 1. The average Bonchev–Trinajstić information content (AvgIpc) is 3.01. The lowest BCUT2D eigenvalue weighted by Gasteiger charge is -2.18. The van der Waals surface area contributed by atoms with E-state index in [-0.39, 0.29) is 6.03 Å². The fourth-order valence-corrected chi connectivity index (χ4v) is 2.54. The molecule has 0 aliphatic carbocycles. The number of hydrogen-bond acceptors (Lipinski definition) is 3. The first-order valence-corrected chi connectivity index (χ1v) is 7.04. The van der Waals surface area contributed by atoms with Gasteiger partial charge in [0.15, 0.2) is 11.5 Å². The number of para-hydroxylation sites is 1. The van der Waals surface area contributed by atoms with Gasteiger partial charge in [-0.2, -0.15) is 0 Å². The zero-order valence-electron chi connectivity index (χ0n) is 12.6. The van der Waals surface area contributed by atoms with Gasteiger partial charge in [-0.25, -0.2) is 4.79 Å². The Kier molecular flexibility index (Phi) is 5.09. The summed E-state index contributed by atoms with van der Waals surface area (Å²) in [6, 6.07) is 5.58.